The third-order valence-electron chi connectivity index (χ3n) is 1.92. The number of carbonyl (C=O) groups excluding carboxylic acids is 1. The standard InChI is InChI=1S/C10H5Cl2NO/c11-8-4-13-9-2-1-6(5-14)3-7(9)10(8)12/h1-5H. The number of hydrogen-bond donors (Lipinski definition) is 0. The highest BCUT2D eigenvalue weighted by atomic mass is 35.5. The van der Waals surface area contributed by atoms with Crippen LogP contribution in [0.4, 0.5) is 0 Å². The van der Waals surface area contributed by atoms with Crippen LogP contribution in [0.2, 0.25) is 10.0 Å². The summed E-state index contributed by atoms with van der Waals surface area (Å²) < 4.78 is 0. The van der Waals surface area contributed by atoms with Crippen LogP contribution in [0.1, 0.15) is 10.4 Å². The first kappa shape index (κ1) is 9.44. The van der Waals surface area contributed by atoms with Crippen molar-refractivity contribution in [2.75, 3.05) is 0 Å². The second-order valence-corrected chi connectivity index (χ2v) is 3.60. The molecule has 0 aliphatic rings. The molecular formula is C10H5Cl2NO. The lowest BCUT2D eigenvalue weighted by Crippen LogP contribution is -1.84. The molecule has 0 bridgehead atoms. The van der Waals surface area contributed by atoms with Crippen LogP contribution in [0, 0.1) is 0 Å². The molecule has 0 fully saturated rings. The predicted molar refractivity (Wildman–Crippen MR) is 57.2 cm³/mol. The molecule has 0 saturated carbocycles. The number of nitrogens with zero attached hydrogens (tertiary/aromatic N) is 1. The first-order valence-electron chi connectivity index (χ1n) is 3.91. The van der Waals surface area contributed by atoms with Crippen molar-refractivity contribution in [3.05, 3.63) is 40.0 Å². The van der Waals surface area contributed by atoms with Gasteiger partial charge in [0.05, 0.1) is 15.6 Å². The summed E-state index contributed by atoms with van der Waals surface area (Å²) in [4.78, 5) is 14.6. The van der Waals surface area contributed by atoms with E-state index in [0.29, 0.717) is 21.0 Å². The molecule has 1 aromatic heterocycles. The van der Waals surface area contributed by atoms with Crippen LogP contribution in [0.3, 0.4) is 0 Å². The molecule has 0 unspecified atom stereocenters. The zero-order valence-electron chi connectivity index (χ0n) is 7.00. The van der Waals surface area contributed by atoms with E-state index >= 15 is 0 Å². The number of pyridine rings is 1. The maximum atomic E-state index is 10.5. The average Bonchev–Trinajstić information content (AvgIpc) is 2.23. The summed E-state index contributed by atoms with van der Waals surface area (Å²) >= 11 is 11.8. The van der Waals surface area contributed by atoms with Gasteiger partial charge >= 0.3 is 0 Å². The molecule has 0 atom stereocenters. The van der Waals surface area contributed by atoms with Crippen molar-refractivity contribution in [1.82, 2.24) is 4.98 Å². The van der Waals surface area contributed by atoms with Gasteiger partial charge in [0.25, 0.3) is 0 Å². The van der Waals surface area contributed by atoms with Crippen LogP contribution < -0.4 is 0 Å². The fraction of sp³-hybridized carbons (Fsp3) is 0. The molecule has 14 heavy (non-hydrogen) atoms. The molecule has 0 amide bonds. The van der Waals surface area contributed by atoms with Crippen LogP contribution >= 0.6 is 23.2 Å². The van der Waals surface area contributed by atoms with E-state index in [1.807, 2.05) is 0 Å². The molecule has 0 saturated heterocycles. The number of benzene rings is 1. The van der Waals surface area contributed by atoms with Gasteiger partial charge in [0.1, 0.15) is 6.29 Å². The van der Waals surface area contributed by atoms with Crippen molar-refractivity contribution < 1.29 is 4.79 Å². The highest BCUT2D eigenvalue weighted by Gasteiger charge is 2.05. The highest BCUT2D eigenvalue weighted by molar-refractivity contribution is 6.45. The molecule has 0 spiro atoms. The minimum Gasteiger partial charge on any atom is -0.298 e. The van der Waals surface area contributed by atoms with E-state index in [2.05, 4.69) is 4.98 Å². The first-order chi connectivity index (χ1) is 6.72. The SMILES string of the molecule is O=Cc1ccc2ncc(Cl)c(Cl)c2c1. The van der Waals surface area contributed by atoms with Gasteiger partial charge in [-0.05, 0) is 18.2 Å². The van der Waals surface area contributed by atoms with Crippen molar-refractivity contribution in [3.63, 3.8) is 0 Å². The van der Waals surface area contributed by atoms with Gasteiger partial charge in [-0.2, -0.15) is 0 Å². The summed E-state index contributed by atoms with van der Waals surface area (Å²) in [5.74, 6) is 0. The van der Waals surface area contributed by atoms with Crippen LogP contribution in [-0.2, 0) is 0 Å². The minimum atomic E-state index is 0.391. The van der Waals surface area contributed by atoms with Crippen molar-refractivity contribution in [1.29, 1.82) is 0 Å². The smallest absolute Gasteiger partial charge is 0.150 e. The Labute approximate surface area is 90.5 Å². The van der Waals surface area contributed by atoms with E-state index in [1.165, 1.54) is 6.20 Å². The molecule has 4 heteroatoms. The lowest BCUT2D eigenvalue weighted by molar-refractivity contribution is 0.112. The molecule has 0 aliphatic carbocycles. The van der Waals surface area contributed by atoms with E-state index < -0.39 is 0 Å². The highest BCUT2D eigenvalue weighted by Crippen LogP contribution is 2.29. The van der Waals surface area contributed by atoms with Crippen molar-refractivity contribution in [2.24, 2.45) is 0 Å². The molecule has 0 N–H and O–H groups in total. The maximum absolute atomic E-state index is 10.5. The normalized spacial score (nSPS) is 10.4. The summed E-state index contributed by atoms with van der Waals surface area (Å²) in [6, 6.07) is 5.09. The van der Waals surface area contributed by atoms with Crippen LogP contribution in [0.5, 0.6) is 0 Å². The zero-order chi connectivity index (χ0) is 10.1. The molecule has 1 aromatic carbocycles. The van der Waals surface area contributed by atoms with E-state index in [-0.39, 0.29) is 0 Å². The number of hydrogen-bond acceptors (Lipinski definition) is 2. The quantitative estimate of drug-likeness (QED) is 0.698. The number of halogens is 2. The lowest BCUT2D eigenvalue weighted by Gasteiger charge is -2.01. The van der Waals surface area contributed by atoms with Crippen LogP contribution in [-0.4, -0.2) is 11.3 Å². The Morgan fingerprint density at radius 3 is 2.79 bits per heavy atom. The number of aldehydes is 1. The van der Waals surface area contributed by atoms with Gasteiger partial charge in [0.2, 0.25) is 0 Å². The Kier molecular flexibility index (Phi) is 2.40. The summed E-state index contributed by atoms with van der Waals surface area (Å²) in [5.41, 5.74) is 1.29. The molecule has 2 aromatic rings. The van der Waals surface area contributed by atoms with E-state index in [9.17, 15) is 4.79 Å². The van der Waals surface area contributed by atoms with Crippen LogP contribution in [0.25, 0.3) is 10.9 Å². The lowest BCUT2D eigenvalue weighted by atomic mass is 10.1. The van der Waals surface area contributed by atoms with Gasteiger partial charge < -0.3 is 0 Å². The second-order valence-electron chi connectivity index (χ2n) is 2.81. The number of aromatic nitrogens is 1. The Bertz CT molecular complexity index is 511. The second kappa shape index (κ2) is 3.56. The van der Waals surface area contributed by atoms with Crippen molar-refractivity contribution in [2.45, 2.75) is 0 Å². The van der Waals surface area contributed by atoms with Crippen molar-refractivity contribution in [3.8, 4) is 0 Å². The minimum absolute atomic E-state index is 0.391. The molecule has 1 heterocycles. The maximum Gasteiger partial charge on any atom is 0.150 e. The van der Waals surface area contributed by atoms with Gasteiger partial charge in [-0.1, -0.05) is 23.2 Å². The third-order valence-corrected chi connectivity index (χ3v) is 2.71. The Morgan fingerprint density at radius 1 is 1.29 bits per heavy atom. The summed E-state index contributed by atoms with van der Waals surface area (Å²) in [5, 5.41) is 1.52. The monoisotopic (exact) mass is 225 g/mol. The van der Waals surface area contributed by atoms with Gasteiger partial charge in [0, 0.05) is 17.1 Å². The topological polar surface area (TPSA) is 30.0 Å². The Hall–Kier alpha value is -1.12. The van der Waals surface area contributed by atoms with E-state index in [4.69, 9.17) is 23.2 Å². The zero-order valence-corrected chi connectivity index (χ0v) is 8.51. The molecule has 0 aliphatic heterocycles. The molecule has 0 radical (unpaired) electrons. The predicted octanol–water partition coefficient (Wildman–Crippen LogP) is 3.35. The van der Waals surface area contributed by atoms with Gasteiger partial charge in [-0.3, -0.25) is 9.78 Å². The summed E-state index contributed by atoms with van der Waals surface area (Å²) in [6.07, 6.45) is 2.25. The van der Waals surface area contributed by atoms with Crippen LogP contribution in [0.15, 0.2) is 24.4 Å². The molecule has 2 nitrogen and oxygen atoms in total. The molecule has 2 rings (SSSR count). The molecular weight excluding hydrogens is 221 g/mol. The van der Waals surface area contributed by atoms with Gasteiger partial charge in [-0.15, -0.1) is 0 Å². The number of fused-ring (bicyclic) bond motifs is 1. The van der Waals surface area contributed by atoms with Gasteiger partial charge in [0.15, 0.2) is 0 Å². The van der Waals surface area contributed by atoms with E-state index in [1.54, 1.807) is 18.2 Å². The van der Waals surface area contributed by atoms with E-state index in [0.717, 1.165) is 11.8 Å². The Balaban J connectivity index is 2.84. The summed E-state index contributed by atoms with van der Waals surface area (Å²) in [7, 11) is 0. The van der Waals surface area contributed by atoms with Crippen molar-refractivity contribution >= 4 is 40.4 Å². The molecule has 70 valence electrons. The fourth-order valence-electron chi connectivity index (χ4n) is 1.23. The number of rotatable bonds is 1. The fourth-order valence-corrected chi connectivity index (χ4v) is 1.58. The largest absolute Gasteiger partial charge is 0.298 e. The third kappa shape index (κ3) is 1.47. The van der Waals surface area contributed by atoms with Gasteiger partial charge in [-0.25, -0.2) is 0 Å². The summed E-state index contributed by atoms with van der Waals surface area (Å²) in [6.45, 7) is 0. The number of carbonyl (C=O) groups is 1. The average molecular weight is 226 g/mol. The first-order valence-corrected chi connectivity index (χ1v) is 4.67. The Morgan fingerprint density at radius 2 is 2.07 bits per heavy atom.